The van der Waals surface area contributed by atoms with E-state index in [0.717, 1.165) is 49.3 Å². The SMILES string of the molecule is CC(Oc1ccccc1)c1nc(C2CCOCC2)nn1-c1ccnn1C. The molecule has 3 aromatic rings. The molecule has 26 heavy (non-hydrogen) atoms. The summed E-state index contributed by atoms with van der Waals surface area (Å²) in [5, 5.41) is 9.08. The molecule has 2 aromatic heterocycles. The van der Waals surface area contributed by atoms with Crippen LogP contribution >= 0.6 is 0 Å². The highest BCUT2D eigenvalue weighted by Gasteiger charge is 2.26. The van der Waals surface area contributed by atoms with E-state index in [1.54, 1.807) is 10.9 Å². The van der Waals surface area contributed by atoms with Gasteiger partial charge in [0.15, 0.2) is 23.6 Å². The first kappa shape index (κ1) is 16.8. The molecule has 4 rings (SSSR count). The van der Waals surface area contributed by atoms with Crippen LogP contribution in [0.3, 0.4) is 0 Å². The average molecular weight is 353 g/mol. The molecule has 0 aliphatic carbocycles. The van der Waals surface area contributed by atoms with E-state index in [1.165, 1.54) is 0 Å². The van der Waals surface area contributed by atoms with Gasteiger partial charge in [-0.05, 0) is 31.9 Å². The molecule has 0 N–H and O–H groups in total. The fourth-order valence-corrected chi connectivity index (χ4v) is 3.23. The monoisotopic (exact) mass is 353 g/mol. The Balaban J connectivity index is 1.69. The number of aromatic nitrogens is 5. The lowest BCUT2D eigenvalue weighted by atomic mass is 10.00. The number of aryl methyl sites for hydroxylation is 1. The number of hydrogen-bond donors (Lipinski definition) is 0. The third-order valence-corrected chi connectivity index (χ3v) is 4.67. The molecule has 0 spiro atoms. The van der Waals surface area contributed by atoms with E-state index in [4.69, 9.17) is 19.6 Å². The van der Waals surface area contributed by atoms with Crippen molar-refractivity contribution in [1.29, 1.82) is 0 Å². The van der Waals surface area contributed by atoms with E-state index in [-0.39, 0.29) is 6.10 Å². The molecule has 1 aromatic carbocycles. The van der Waals surface area contributed by atoms with E-state index in [0.29, 0.717) is 5.92 Å². The molecule has 136 valence electrons. The van der Waals surface area contributed by atoms with E-state index in [9.17, 15) is 0 Å². The Morgan fingerprint density at radius 2 is 1.92 bits per heavy atom. The van der Waals surface area contributed by atoms with Crippen LogP contribution in [-0.4, -0.2) is 37.8 Å². The topological polar surface area (TPSA) is 67.0 Å². The lowest BCUT2D eigenvalue weighted by molar-refractivity contribution is 0.0835. The minimum atomic E-state index is -0.242. The Kier molecular flexibility index (Phi) is 4.71. The minimum absolute atomic E-state index is 0.242. The minimum Gasteiger partial charge on any atom is -0.483 e. The van der Waals surface area contributed by atoms with Crippen LogP contribution in [0.15, 0.2) is 42.6 Å². The van der Waals surface area contributed by atoms with E-state index >= 15 is 0 Å². The summed E-state index contributed by atoms with van der Waals surface area (Å²) in [5.41, 5.74) is 0. The van der Waals surface area contributed by atoms with Crippen LogP contribution in [0.25, 0.3) is 5.82 Å². The number of ether oxygens (including phenoxy) is 2. The van der Waals surface area contributed by atoms with Crippen LogP contribution in [0.2, 0.25) is 0 Å². The van der Waals surface area contributed by atoms with Crippen molar-refractivity contribution in [2.24, 2.45) is 7.05 Å². The quantitative estimate of drug-likeness (QED) is 0.705. The van der Waals surface area contributed by atoms with Gasteiger partial charge in [0, 0.05) is 32.2 Å². The summed E-state index contributed by atoms with van der Waals surface area (Å²) in [5.74, 6) is 3.63. The second kappa shape index (κ2) is 7.29. The van der Waals surface area contributed by atoms with Crippen molar-refractivity contribution in [3.05, 3.63) is 54.2 Å². The van der Waals surface area contributed by atoms with Crippen molar-refractivity contribution in [2.45, 2.75) is 31.8 Å². The molecule has 1 saturated heterocycles. The summed E-state index contributed by atoms with van der Waals surface area (Å²) < 4.78 is 15.2. The molecule has 0 saturated carbocycles. The molecule has 1 fully saturated rings. The maximum absolute atomic E-state index is 6.10. The number of para-hydroxylation sites is 1. The Bertz CT molecular complexity index is 852. The smallest absolute Gasteiger partial charge is 0.174 e. The van der Waals surface area contributed by atoms with E-state index in [1.807, 2.05) is 55.1 Å². The van der Waals surface area contributed by atoms with Crippen molar-refractivity contribution in [1.82, 2.24) is 24.5 Å². The molecule has 7 nitrogen and oxygen atoms in total. The van der Waals surface area contributed by atoms with Gasteiger partial charge in [0.2, 0.25) is 0 Å². The normalized spacial score (nSPS) is 16.5. The number of benzene rings is 1. The molecule has 7 heteroatoms. The highest BCUT2D eigenvalue weighted by molar-refractivity contribution is 5.25. The highest BCUT2D eigenvalue weighted by atomic mass is 16.5. The lowest BCUT2D eigenvalue weighted by Gasteiger charge is -2.18. The zero-order valence-electron chi connectivity index (χ0n) is 15.1. The number of rotatable bonds is 5. The molecule has 1 aliphatic rings. The predicted molar refractivity (Wildman–Crippen MR) is 96.4 cm³/mol. The van der Waals surface area contributed by atoms with Crippen molar-refractivity contribution in [3.63, 3.8) is 0 Å². The van der Waals surface area contributed by atoms with Crippen LogP contribution in [0.5, 0.6) is 5.75 Å². The lowest BCUT2D eigenvalue weighted by Crippen LogP contribution is -2.15. The Labute approximate surface area is 152 Å². The summed E-state index contributed by atoms with van der Waals surface area (Å²) in [4.78, 5) is 4.86. The predicted octanol–water partition coefficient (Wildman–Crippen LogP) is 3.03. The standard InChI is InChI=1S/C19H23N5O2/c1-14(26-16-6-4-3-5-7-16)19-21-18(15-9-12-25-13-10-15)22-24(19)17-8-11-20-23(17)2/h3-8,11,14-15H,9-10,12-13H2,1-2H3. The van der Waals surface area contributed by atoms with Gasteiger partial charge in [-0.3, -0.25) is 4.68 Å². The Morgan fingerprint density at radius 1 is 1.15 bits per heavy atom. The van der Waals surface area contributed by atoms with Crippen LogP contribution in [0.4, 0.5) is 0 Å². The maximum Gasteiger partial charge on any atom is 0.174 e. The van der Waals surface area contributed by atoms with Crippen LogP contribution in [-0.2, 0) is 11.8 Å². The van der Waals surface area contributed by atoms with E-state index in [2.05, 4.69) is 5.10 Å². The van der Waals surface area contributed by atoms with Crippen molar-refractivity contribution < 1.29 is 9.47 Å². The van der Waals surface area contributed by atoms with Crippen LogP contribution in [0.1, 0.15) is 43.4 Å². The van der Waals surface area contributed by atoms with Gasteiger partial charge in [-0.15, -0.1) is 5.10 Å². The maximum atomic E-state index is 6.10. The second-order valence-corrected chi connectivity index (χ2v) is 6.51. The van der Waals surface area contributed by atoms with Gasteiger partial charge in [-0.2, -0.15) is 9.78 Å². The Hall–Kier alpha value is -2.67. The second-order valence-electron chi connectivity index (χ2n) is 6.51. The van der Waals surface area contributed by atoms with Gasteiger partial charge < -0.3 is 9.47 Å². The summed E-state index contributed by atoms with van der Waals surface area (Å²) >= 11 is 0. The average Bonchev–Trinajstić information content (AvgIpc) is 3.29. The fourth-order valence-electron chi connectivity index (χ4n) is 3.23. The molecular weight excluding hydrogens is 330 g/mol. The van der Waals surface area contributed by atoms with Gasteiger partial charge in [0.25, 0.3) is 0 Å². The molecular formula is C19H23N5O2. The van der Waals surface area contributed by atoms with Crippen molar-refractivity contribution in [2.75, 3.05) is 13.2 Å². The molecule has 0 radical (unpaired) electrons. The third kappa shape index (κ3) is 3.35. The molecule has 0 bridgehead atoms. The van der Waals surface area contributed by atoms with Crippen molar-refractivity contribution >= 4 is 0 Å². The molecule has 0 amide bonds. The van der Waals surface area contributed by atoms with Gasteiger partial charge in [0.1, 0.15) is 5.75 Å². The molecule has 3 heterocycles. The molecule has 1 atom stereocenters. The zero-order valence-corrected chi connectivity index (χ0v) is 15.1. The third-order valence-electron chi connectivity index (χ3n) is 4.67. The van der Waals surface area contributed by atoms with Gasteiger partial charge in [-0.1, -0.05) is 18.2 Å². The van der Waals surface area contributed by atoms with Crippen LogP contribution in [0, 0.1) is 0 Å². The summed E-state index contributed by atoms with van der Waals surface area (Å²) in [6.45, 7) is 3.52. The fraction of sp³-hybridized carbons (Fsp3) is 0.421. The largest absolute Gasteiger partial charge is 0.483 e. The number of nitrogens with zero attached hydrogens (tertiary/aromatic N) is 5. The summed E-state index contributed by atoms with van der Waals surface area (Å²) in [6.07, 6.45) is 3.41. The van der Waals surface area contributed by atoms with Gasteiger partial charge in [-0.25, -0.2) is 4.98 Å². The van der Waals surface area contributed by atoms with Crippen LogP contribution < -0.4 is 4.74 Å². The summed E-state index contributed by atoms with van der Waals surface area (Å²) in [7, 11) is 1.90. The highest BCUT2D eigenvalue weighted by Crippen LogP contribution is 2.28. The Morgan fingerprint density at radius 3 is 2.62 bits per heavy atom. The first-order valence-electron chi connectivity index (χ1n) is 8.97. The summed E-state index contributed by atoms with van der Waals surface area (Å²) in [6, 6.07) is 11.7. The zero-order chi connectivity index (χ0) is 17.9. The first-order chi connectivity index (χ1) is 12.7. The van der Waals surface area contributed by atoms with Crippen molar-refractivity contribution in [3.8, 4) is 11.6 Å². The van der Waals surface area contributed by atoms with Gasteiger partial charge in [0.05, 0.1) is 6.20 Å². The van der Waals surface area contributed by atoms with E-state index < -0.39 is 0 Å². The number of hydrogen-bond acceptors (Lipinski definition) is 5. The first-order valence-corrected chi connectivity index (χ1v) is 8.97. The molecule has 1 unspecified atom stereocenters. The molecule has 1 aliphatic heterocycles. The van der Waals surface area contributed by atoms with Gasteiger partial charge >= 0.3 is 0 Å².